The third-order valence-corrected chi connectivity index (χ3v) is 2.38. The van der Waals surface area contributed by atoms with Crippen LogP contribution in [0.3, 0.4) is 0 Å². The van der Waals surface area contributed by atoms with Crippen LogP contribution >= 0.6 is 0 Å². The maximum Gasteiger partial charge on any atom is 0.357 e. The molecule has 5 nitrogen and oxygen atoms in total. The number of rotatable bonds is 4. The predicted octanol–water partition coefficient (Wildman–Crippen LogP) is 1.45. The normalized spacial score (nSPS) is 12.2. The molecule has 0 saturated carbocycles. The van der Waals surface area contributed by atoms with E-state index in [0.29, 0.717) is 6.29 Å². The number of esters is 1. The first-order chi connectivity index (χ1) is 7.15. The van der Waals surface area contributed by atoms with Crippen molar-refractivity contribution in [1.82, 2.24) is 9.55 Å². The Morgan fingerprint density at radius 1 is 1.73 bits per heavy atom. The van der Waals surface area contributed by atoms with Gasteiger partial charge in [-0.3, -0.25) is 4.79 Å². The highest BCUT2D eigenvalue weighted by Gasteiger charge is 2.20. The Bertz CT molecular complexity index is 371. The smallest absolute Gasteiger partial charge is 0.357 e. The summed E-state index contributed by atoms with van der Waals surface area (Å²) in [4.78, 5) is 26.0. The SMILES string of the molecule is CCC(C)n1cnc(C=O)c1C(=O)OC. The third-order valence-electron chi connectivity index (χ3n) is 2.38. The summed E-state index contributed by atoms with van der Waals surface area (Å²) in [5.74, 6) is -0.532. The molecule has 0 N–H and O–H groups in total. The summed E-state index contributed by atoms with van der Waals surface area (Å²) in [6.45, 7) is 3.94. The first kappa shape index (κ1) is 11.4. The van der Waals surface area contributed by atoms with Crippen LogP contribution in [0.15, 0.2) is 6.33 Å². The molecule has 1 heterocycles. The van der Waals surface area contributed by atoms with Crippen LogP contribution in [0, 0.1) is 0 Å². The standard InChI is InChI=1S/C10H14N2O3/c1-4-7(2)12-6-11-8(5-13)9(12)10(14)15-3/h5-7H,4H2,1-3H3. The molecule has 15 heavy (non-hydrogen) atoms. The monoisotopic (exact) mass is 210 g/mol. The number of nitrogens with zero attached hydrogens (tertiary/aromatic N) is 2. The first-order valence-corrected chi connectivity index (χ1v) is 4.76. The Labute approximate surface area is 88.1 Å². The molecule has 0 radical (unpaired) electrons. The van der Waals surface area contributed by atoms with Gasteiger partial charge in [-0.1, -0.05) is 6.92 Å². The van der Waals surface area contributed by atoms with Gasteiger partial charge in [0.2, 0.25) is 0 Å². The molecule has 0 saturated heterocycles. The predicted molar refractivity (Wildman–Crippen MR) is 54.0 cm³/mol. The Morgan fingerprint density at radius 2 is 2.40 bits per heavy atom. The molecule has 0 spiro atoms. The number of carbonyl (C=O) groups excluding carboxylic acids is 2. The van der Waals surface area contributed by atoms with Gasteiger partial charge in [0, 0.05) is 6.04 Å². The molecule has 0 aromatic carbocycles. The second kappa shape index (κ2) is 4.72. The number of imidazole rings is 1. The number of aldehydes is 1. The van der Waals surface area contributed by atoms with E-state index >= 15 is 0 Å². The minimum absolute atomic E-state index is 0.111. The molecule has 1 unspecified atom stereocenters. The fourth-order valence-corrected chi connectivity index (χ4v) is 1.30. The van der Waals surface area contributed by atoms with E-state index in [1.807, 2.05) is 13.8 Å². The van der Waals surface area contributed by atoms with Crippen molar-refractivity contribution in [2.45, 2.75) is 26.3 Å². The van der Waals surface area contributed by atoms with Crippen LogP contribution in [-0.4, -0.2) is 28.9 Å². The van der Waals surface area contributed by atoms with Gasteiger partial charge in [0.1, 0.15) is 5.69 Å². The van der Waals surface area contributed by atoms with Crippen molar-refractivity contribution in [3.05, 3.63) is 17.7 Å². The first-order valence-electron chi connectivity index (χ1n) is 4.76. The molecule has 0 aliphatic carbocycles. The highest BCUT2D eigenvalue weighted by molar-refractivity contribution is 5.95. The van der Waals surface area contributed by atoms with E-state index in [1.54, 1.807) is 4.57 Å². The quantitative estimate of drug-likeness (QED) is 0.557. The largest absolute Gasteiger partial charge is 0.464 e. The number of ether oxygens (including phenoxy) is 1. The molecule has 5 heteroatoms. The van der Waals surface area contributed by atoms with Crippen LogP contribution in [0.25, 0.3) is 0 Å². The van der Waals surface area contributed by atoms with Gasteiger partial charge in [0.25, 0.3) is 0 Å². The molecular formula is C10H14N2O3. The average Bonchev–Trinajstić information content (AvgIpc) is 2.70. The molecule has 82 valence electrons. The summed E-state index contributed by atoms with van der Waals surface area (Å²) >= 11 is 0. The molecule has 1 aromatic heterocycles. The van der Waals surface area contributed by atoms with Crippen LogP contribution in [-0.2, 0) is 4.74 Å². The zero-order valence-electron chi connectivity index (χ0n) is 9.06. The van der Waals surface area contributed by atoms with Gasteiger partial charge >= 0.3 is 5.97 Å². The van der Waals surface area contributed by atoms with Gasteiger partial charge in [0.15, 0.2) is 12.0 Å². The van der Waals surface area contributed by atoms with Crippen LogP contribution in [0.1, 0.15) is 47.3 Å². The second-order valence-corrected chi connectivity index (χ2v) is 3.25. The second-order valence-electron chi connectivity index (χ2n) is 3.25. The lowest BCUT2D eigenvalue weighted by Crippen LogP contribution is -2.14. The van der Waals surface area contributed by atoms with Gasteiger partial charge in [-0.15, -0.1) is 0 Å². The fourth-order valence-electron chi connectivity index (χ4n) is 1.30. The lowest BCUT2D eigenvalue weighted by Gasteiger charge is -2.13. The third kappa shape index (κ3) is 2.06. The molecule has 0 fully saturated rings. The molecule has 0 bridgehead atoms. The van der Waals surface area contributed by atoms with Crippen molar-refractivity contribution in [2.75, 3.05) is 7.11 Å². The highest BCUT2D eigenvalue weighted by atomic mass is 16.5. The van der Waals surface area contributed by atoms with Crippen molar-refractivity contribution < 1.29 is 14.3 Å². The van der Waals surface area contributed by atoms with Gasteiger partial charge in [-0.25, -0.2) is 9.78 Å². The number of hydrogen-bond donors (Lipinski definition) is 0. The molecule has 0 aliphatic rings. The van der Waals surface area contributed by atoms with Gasteiger partial charge in [-0.05, 0) is 13.3 Å². The zero-order chi connectivity index (χ0) is 11.4. The Kier molecular flexibility index (Phi) is 3.60. The summed E-state index contributed by atoms with van der Waals surface area (Å²) in [5, 5.41) is 0. The maximum absolute atomic E-state index is 11.5. The van der Waals surface area contributed by atoms with Crippen molar-refractivity contribution in [1.29, 1.82) is 0 Å². The molecule has 1 rings (SSSR count). The summed E-state index contributed by atoms with van der Waals surface area (Å²) in [5.41, 5.74) is 0.351. The van der Waals surface area contributed by atoms with Crippen molar-refractivity contribution >= 4 is 12.3 Å². The lowest BCUT2D eigenvalue weighted by molar-refractivity contribution is 0.0583. The Morgan fingerprint density at radius 3 is 2.87 bits per heavy atom. The maximum atomic E-state index is 11.5. The molecule has 1 atom stereocenters. The number of methoxy groups -OCH3 is 1. The summed E-state index contributed by atoms with van der Waals surface area (Å²) < 4.78 is 6.28. The topological polar surface area (TPSA) is 61.2 Å². The van der Waals surface area contributed by atoms with Crippen molar-refractivity contribution in [3.63, 3.8) is 0 Å². The zero-order valence-corrected chi connectivity index (χ0v) is 9.06. The van der Waals surface area contributed by atoms with E-state index < -0.39 is 5.97 Å². The Hall–Kier alpha value is -1.65. The number of aromatic nitrogens is 2. The van der Waals surface area contributed by atoms with Gasteiger partial charge in [0.05, 0.1) is 13.4 Å². The van der Waals surface area contributed by atoms with E-state index in [4.69, 9.17) is 0 Å². The van der Waals surface area contributed by atoms with E-state index in [0.717, 1.165) is 6.42 Å². The van der Waals surface area contributed by atoms with Crippen LogP contribution in [0.2, 0.25) is 0 Å². The number of hydrogen-bond acceptors (Lipinski definition) is 4. The van der Waals surface area contributed by atoms with E-state index in [-0.39, 0.29) is 17.4 Å². The van der Waals surface area contributed by atoms with Gasteiger partial charge in [-0.2, -0.15) is 0 Å². The Balaban J connectivity index is 3.22. The molecule has 1 aromatic rings. The van der Waals surface area contributed by atoms with Crippen LogP contribution in [0.5, 0.6) is 0 Å². The summed E-state index contributed by atoms with van der Waals surface area (Å²) in [6, 6.07) is 0.111. The van der Waals surface area contributed by atoms with Crippen LogP contribution < -0.4 is 0 Å². The molecule has 0 aliphatic heterocycles. The van der Waals surface area contributed by atoms with E-state index in [9.17, 15) is 9.59 Å². The van der Waals surface area contributed by atoms with E-state index in [2.05, 4.69) is 9.72 Å². The minimum Gasteiger partial charge on any atom is -0.464 e. The molecule has 0 amide bonds. The van der Waals surface area contributed by atoms with Gasteiger partial charge < -0.3 is 9.30 Å². The van der Waals surface area contributed by atoms with Crippen LogP contribution in [0.4, 0.5) is 0 Å². The highest BCUT2D eigenvalue weighted by Crippen LogP contribution is 2.16. The lowest BCUT2D eigenvalue weighted by atomic mass is 10.2. The summed E-state index contributed by atoms with van der Waals surface area (Å²) in [6.07, 6.45) is 2.90. The fraction of sp³-hybridized carbons (Fsp3) is 0.500. The minimum atomic E-state index is -0.532. The summed E-state index contributed by atoms with van der Waals surface area (Å²) in [7, 11) is 1.28. The molecular weight excluding hydrogens is 196 g/mol. The number of carbonyl (C=O) groups is 2. The van der Waals surface area contributed by atoms with Crippen molar-refractivity contribution in [2.24, 2.45) is 0 Å². The average molecular weight is 210 g/mol. The van der Waals surface area contributed by atoms with E-state index in [1.165, 1.54) is 13.4 Å². The van der Waals surface area contributed by atoms with Crippen molar-refractivity contribution in [3.8, 4) is 0 Å².